The number of H-pyrrole nitrogens is 1. The van der Waals surface area contributed by atoms with Crippen molar-refractivity contribution in [3.63, 3.8) is 0 Å². The van der Waals surface area contributed by atoms with Gasteiger partial charge in [0.15, 0.2) is 14.8 Å². The van der Waals surface area contributed by atoms with Crippen LogP contribution >= 0.6 is 35.3 Å². The molecule has 2 aromatic carbocycles. The number of carbonyl (C=O) groups is 1. The summed E-state index contributed by atoms with van der Waals surface area (Å²) in [4.78, 5) is 32.3. The molecule has 4 aromatic rings. The highest BCUT2D eigenvalue weighted by molar-refractivity contribution is 7.99. The Morgan fingerprint density at radius 3 is 2.58 bits per heavy atom. The number of amides is 1. The fraction of sp³-hybridized carbons (Fsp3) is 0.182. The predicted molar refractivity (Wildman–Crippen MR) is 130 cm³/mol. The highest BCUT2D eigenvalue weighted by Crippen LogP contribution is 2.24. The van der Waals surface area contributed by atoms with Crippen LogP contribution in [0.3, 0.4) is 0 Å². The van der Waals surface area contributed by atoms with Gasteiger partial charge >= 0.3 is 0 Å². The molecule has 0 spiro atoms. The lowest BCUT2D eigenvalue weighted by Gasteiger charge is -2.08. The second-order valence-electron chi connectivity index (χ2n) is 7.18. The van der Waals surface area contributed by atoms with Gasteiger partial charge in [0, 0.05) is 11.4 Å². The number of hydrogen-bond acceptors (Lipinski definition) is 6. The van der Waals surface area contributed by atoms with Gasteiger partial charge in [-0.05, 0) is 48.0 Å². The van der Waals surface area contributed by atoms with Crippen LogP contribution in [0.4, 0.5) is 5.69 Å². The Bertz CT molecular complexity index is 1340. The Labute approximate surface area is 192 Å². The topological polar surface area (TPSA) is 79.8 Å². The molecule has 9 heteroatoms. The van der Waals surface area contributed by atoms with Crippen molar-refractivity contribution >= 4 is 57.3 Å². The molecule has 0 saturated carbocycles. The molecule has 0 unspecified atom stereocenters. The second kappa shape index (κ2) is 9.17. The van der Waals surface area contributed by atoms with Crippen molar-refractivity contribution in [2.75, 3.05) is 11.1 Å². The van der Waals surface area contributed by atoms with Crippen LogP contribution in [0.25, 0.3) is 16.0 Å². The SMILES string of the molecule is CC(C)c1ccc(NC(=O)CSc2nc3c(sc(=S)n3-c3ccccc3)c(=O)[nH]2)cc1. The largest absolute Gasteiger partial charge is 0.325 e. The summed E-state index contributed by atoms with van der Waals surface area (Å²) in [5.74, 6) is 0.385. The van der Waals surface area contributed by atoms with Gasteiger partial charge < -0.3 is 10.3 Å². The van der Waals surface area contributed by atoms with Gasteiger partial charge in [0.25, 0.3) is 5.56 Å². The highest BCUT2D eigenvalue weighted by Gasteiger charge is 2.14. The minimum atomic E-state index is -0.261. The van der Waals surface area contributed by atoms with Gasteiger partial charge in [0.05, 0.1) is 5.75 Å². The third-order valence-electron chi connectivity index (χ3n) is 4.64. The minimum absolute atomic E-state index is 0.122. The van der Waals surface area contributed by atoms with Crippen molar-refractivity contribution < 1.29 is 4.79 Å². The first-order valence-corrected chi connectivity index (χ1v) is 11.9. The summed E-state index contributed by atoms with van der Waals surface area (Å²) in [5, 5.41) is 3.25. The first-order chi connectivity index (χ1) is 14.9. The number of para-hydroxylation sites is 1. The summed E-state index contributed by atoms with van der Waals surface area (Å²) in [7, 11) is 0. The van der Waals surface area contributed by atoms with E-state index < -0.39 is 0 Å². The molecule has 2 aromatic heterocycles. The van der Waals surface area contributed by atoms with E-state index in [1.165, 1.54) is 28.7 Å². The van der Waals surface area contributed by atoms with Crippen molar-refractivity contribution in [1.82, 2.24) is 14.5 Å². The number of benzene rings is 2. The van der Waals surface area contributed by atoms with E-state index in [-0.39, 0.29) is 17.2 Å². The standard InChI is InChI=1S/C22H20N4O2S3/c1-13(2)14-8-10-15(11-9-14)23-17(27)12-30-21-24-19-18(20(28)25-21)31-22(29)26(19)16-6-4-3-5-7-16/h3-11,13H,12H2,1-2H3,(H,23,27)(H,24,25,28). The number of hydrogen-bond donors (Lipinski definition) is 2. The molecule has 0 fully saturated rings. The molecular weight excluding hydrogens is 448 g/mol. The van der Waals surface area contributed by atoms with Gasteiger partial charge in [-0.1, -0.05) is 67.3 Å². The first-order valence-electron chi connectivity index (χ1n) is 9.66. The van der Waals surface area contributed by atoms with E-state index in [0.29, 0.717) is 25.4 Å². The molecule has 1 amide bonds. The molecule has 0 aliphatic carbocycles. The molecule has 31 heavy (non-hydrogen) atoms. The molecule has 2 heterocycles. The summed E-state index contributed by atoms with van der Waals surface area (Å²) >= 11 is 7.86. The number of nitrogens with one attached hydrogen (secondary N) is 2. The Morgan fingerprint density at radius 2 is 1.90 bits per heavy atom. The number of thioether (sulfide) groups is 1. The number of fused-ring (bicyclic) bond motifs is 1. The zero-order valence-corrected chi connectivity index (χ0v) is 19.4. The van der Waals surface area contributed by atoms with E-state index in [1.54, 1.807) is 4.57 Å². The van der Waals surface area contributed by atoms with Crippen molar-refractivity contribution in [2.45, 2.75) is 24.9 Å². The van der Waals surface area contributed by atoms with Crippen LogP contribution in [-0.2, 0) is 4.79 Å². The van der Waals surface area contributed by atoms with Gasteiger partial charge in [-0.2, -0.15) is 0 Å². The summed E-state index contributed by atoms with van der Waals surface area (Å²) in [6.45, 7) is 4.25. The van der Waals surface area contributed by atoms with Gasteiger partial charge in [-0.3, -0.25) is 14.2 Å². The predicted octanol–water partition coefficient (Wildman–Crippen LogP) is 5.36. The molecule has 0 aliphatic rings. The molecule has 0 radical (unpaired) electrons. The van der Waals surface area contributed by atoms with E-state index in [9.17, 15) is 9.59 Å². The van der Waals surface area contributed by atoms with Crippen molar-refractivity contribution in [2.24, 2.45) is 0 Å². The van der Waals surface area contributed by atoms with Gasteiger partial charge in [0.1, 0.15) is 4.70 Å². The first kappa shape index (κ1) is 21.5. The molecule has 0 aliphatic heterocycles. The third kappa shape index (κ3) is 4.79. The molecule has 0 saturated heterocycles. The van der Waals surface area contributed by atoms with E-state index in [1.807, 2.05) is 54.6 Å². The average Bonchev–Trinajstić information content (AvgIpc) is 3.10. The summed E-state index contributed by atoms with van der Waals surface area (Å²) < 4.78 is 2.79. The fourth-order valence-electron chi connectivity index (χ4n) is 3.05. The maximum atomic E-state index is 12.6. The third-order valence-corrected chi connectivity index (χ3v) is 6.87. The molecule has 158 valence electrons. The van der Waals surface area contributed by atoms with E-state index in [2.05, 4.69) is 29.1 Å². The van der Waals surface area contributed by atoms with Gasteiger partial charge in [-0.15, -0.1) is 0 Å². The van der Waals surface area contributed by atoms with Crippen molar-refractivity contribution in [3.05, 3.63) is 74.5 Å². The maximum absolute atomic E-state index is 12.6. The van der Waals surface area contributed by atoms with Crippen LogP contribution in [0, 0.1) is 3.95 Å². The number of aromatic nitrogens is 3. The second-order valence-corrected chi connectivity index (χ2v) is 9.78. The van der Waals surface area contributed by atoms with Crippen LogP contribution in [-0.4, -0.2) is 26.2 Å². The van der Waals surface area contributed by atoms with E-state index in [4.69, 9.17) is 12.2 Å². The molecule has 2 N–H and O–H groups in total. The molecule has 6 nitrogen and oxygen atoms in total. The summed E-state index contributed by atoms with van der Waals surface area (Å²) in [5.41, 5.74) is 3.03. The molecule has 4 rings (SSSR count). The Morgan fingerprint density at radius 1 is 1.19 bits per heavy atom. The number of aromatic amines is 1. The Balaban J connectivity index is 1.53. The van der Waals surface area contributed by atoms with Crippen LogP contribution < -0.4 is 10.9 Å². The zero-order valence-electron chi connectivity index (χ0n) is 16.9. The number of thiazole rings is 1. The van der Waals surface area contributed by atoms with Crippen LogP contribution in [0.1, 0.15) is 25.3 Å². The van der Waals surface area contributed by atoms with Crippen LogP contribution in [0.15, 0.2) is 64.5 Å². The quantitative estimate of drug-likeness (QED) is 0.226. The molecular formula is C22H20N4O2S3. The normalized spacial score (nSPS) is 11.2. The summed E-state index contributed by atoms with van der Waals surface area (Å²) in [6, 6.07) is 17.3. The summed E-state index contributed by atoms with van der Waals surface area (Å²) in [6.07, 6.45) is 0. The van der Waals surface area contributed by atoms with Crippen molar-refractivity contribution in [3.8, 4) is 5.69 Å². The zero-order chi connectivity index (χ0) is 22.0. The van der Waals surface area contributed by atoms with Crippen LogP contribution in [0.2, 0.25) is 0 Å². The maximum Gasteiger partial charge on any atom is 0.271 e. The lowest BCUT2D eigenvalue weighted by molar-refractivity contribution is -0.113. The Hall–Kier alpha value is -2.75. The van der Waals surface area contributed by atoms with Gasteiger partial charge in [0.2, 0.25) is 5.91 Å². The van der Waals surface area contributed by atoms with Crippen molar-refractivity contribution in [1.29, 1.82) is 0 Å². The van der Waals surface area contributed by atoms with Gasteiger partial charge in [-0.25, -0.2) is 4.98 Å². The minimum Gasteiger partial charge on any atom is -0.325 e. The number of anilines is 1. The van der Waals surface area contributed by atoms with E-state index in [0.717, 1.165) is 11.4 Å². The molecule has 0 atom stereocenters. The lowest BCUT2D eigenvalue weighted by atomic mass is 10.0. The number of carbonyl (C=O) groups excluding carboxylic acids is 1. The smallest absolute Gasteiger partial charge is 0.271 e. The van der Waals surface area contributed by atoms with E-state index >= 15 is 0 Å². The van der Waals surface area contributed by atoms with Crippen LogP contribution in [0.5, 0.6) is 0 Å². The monoisotopic (exact) mass is 468 g/mol. The number of nitrogens with zero attached hydrogens (tertiary/aromatic N) is 2. The number of rotatable bonds is 6. The average molecular weight is 469 g/mol. The fourth-order valence-corrected chi connectivity index (χ4v) is 4.98. The lowest BCUT2D eigenvalue weighted by Crippen LogP contribution is -2.15. The molecule has 0 bridgehead atoms. The highest BCUT2D eigenvalue weighted by atomic mass is 32.2. The Kier molecular flexibility index (Phi) is 6.35.